The molecule has 2 heterocycles. The number of rotatable bonds is 3. The minimum Gasteiger partial charge on any atom is -0.353 e. The van der Waals surface area contributed by atoms with Crippen LogP contribution in [0.1, 0.15) is 12.8 Å². The third kappa shape index (κ3) is 2.48. The van der Waals surface area contributed by atoms with Gasteiger partial charge in [-0.2, -0.15) is 0 Å². The molecule has 1 aromatic heterocycles. The minimum atomic E-state index is 0.693. The second-order valence-corrected chi connectivity index (χ2v) is 4.12. The number of hydrogen-bond donors (Lipinski definition) is 0. The van der Waals surface area contributed by atoms with Crippen LogP contribution in [0.3, 0.4) is 0 Å². The molecule has 15 heavy (non-hydrogen) atoms. The standard InChI is InChI=1S/C11H14ClN3/c1-15(8-9-4-2-6-13-9)11-10(12)5-3-7-14-11/h3,5,7H,2,4,6,8H2,1H3. The molecule has 0 amide bonds. The van der Waals surface area contributed by atoms with Gasteiger partial charge in [-0.25, -0.2) is 4.98 Å². The van der Waals surface area contributed by atoms with E-state index in [1.54, 1.807) is 6.20 Å². The Labute approximate surface area is 94.8 Å². The highest BCUT2D eigenvalue weighted by atomic mass is 35.5. The SMILES string of the molecule is CN(CC1=NCCC1)c1ncccc1Cl. The summed E-state index contributed by atoms with van der Waals surface area (Å²) in [5.74, 6) is 0.828. The lowest BCUT2D eigenvalue weighted by Crippen LogP contribution is -2.25. The Balaban J connectivity index is 2.07. The van der Waals surface area contributed by atoms with E-state index in [0.29, 0.717) is 5.02 Å². The molecule has 1 aliphatic heterocycles. The van der Waals surface area contributed by atoms with Crippen LogP contribution in [0.25, 0.3) is 0 Å². The van der Waals surface area contributed by atoms with Gasteiger partial charge in [0, 0.05) is 25.5 Å². The summed E-state index contributed by atoms with van der Waals surface area (Å²) in [6.45, 7) is 1.80. The Bertz CT molecular complexity index is 376. The molecule has 0 unspecified atom stereocenters. The van der Waals surface area contributed by atoms with Crippen molar-refractivity contribution < 1.29 is 0 Å². The zero-order valence-electron chi connectivity index (χ0n) is 8.78. The number of halogens is 1. The summed E-state index contributed by atoms with van der Waals surface area (Å²) in [5, 5.41) is 0.693. The molecule has 2 rings (SSSR count). The fourth-order valence-electron chi connectivity index (χ4n) is 1.74. The highest BCUT2D eigenvalue weighted by Gasteiger charge is 2.12. The van der Waals surface area contributed by atoms with E-state index < -0.39 is 0 Å². The van der Waals surface area contributed by atoms with Crippen LogP contribution < -0.4 is 4.90 Å². The first-order valence-corrected chi connectivity index (χ1v) is 5.49. The quantitative estimate of drug-likeness (QED) is 0.788. The Kier molecular flexibility index (Phi) is 3.21. The van der Waals surface area contributed by atoms with Crippen molar-refractivity contribution in [1.82, 2.24) is 4.98 Å². The number of aliphatic imine (C=N–C) groups is 1. The number of pyridine rings is 1. The van der Waals surface area contributed by atoms with Gasteiger partial charge >= 0.3 is 0 Å². The number of anilines is 1. The van der Waals surface area contributed by atoms with Crippen LogP contribution in [0.2, 0.25) is 5.02 Å². The molecule has 80 valence electrons. The molecule has 4 heteroatoms. The maximum Gasteiger partial charge on any atom is 0.147 e. The van der Waals surface area contributed by atoms with E-state index in [0.717, 1.165) is 25.3 Å². The van der Waals surface area contributed by atoms with E-state index in [-0.39, 0.29) is 0 Å². The molecular formula is C11H14ClN3. The van der Waals surface area contributed by atoms with Gasteiger partial charge in [-0.1, -0.05) is 11.6 Å². The molecule has 0 atom stereocenters. The lowest BCUT2D eigenvalue weighted by molar-refractivity contribution is 0.944. The molecule has 0 fully saturated rings. The first kappa shape index (κ1) is 10.4. The zero-order chi connectivity index (χ0) is 10.7. The average Bonchev–Trinajstić information content (AvgIpc) is 2.71. The van der Waals surface area contributed by atoms with E-state index in [2.05, 4.69) is 9.98 Å². The van der Waals surface area contributed by atoms with Gasteiger partial charge in [0.05, 0.1) is 11.6 Å². The second kappa shape index (κ2) is 4.62. The average molecular weight is 224 g/mol. The van der Waals surface area contributed by atoms with Gasteiger partial charge in [-0.15, -0.1) is 0 Å². The Morgan fingerprint density at radius 3 is 3.07 bits per heavy atom. The maximum absolute atomic E-state index is 6.06. The van der Waals surface area contributed by atoms with Crippen molar-refractivity contribution in [2.24, 2.45) is 4.99 Å². The van der Waals surface area contributed by atoms with Crippen molar-refractivity contribution in [2.75, 3.05) is 25.0 Å². The van der Waals surface area contributed by atoms with Crippen molar-refractivity contribution in [2.45, 2.75) is 12.8 Å². The zero-order valence-corrected chi connectivity index (χ0v) is 9.54. The normalized spacial score (nSPS) is 15.2. The molecule has 0 aromatic carbocycles. The summed E-state index contributed by atoms with van der Waals surface area (Å²) in [4.78, 5) is 10.7. The molecule has 0 bridgehead atoms. The number of hydrogen-bond acceptors (Lipinski definition) is 3. The lowest BCUT2D eigenvalue weighted by Gasteiger charge is -2.18. The van der Waals surface area contributed by atoms with E-state index in [1.165, 1.54) is 12.1 Å². The topological polar surface area (TPSA) is 28.5 Å². The third-order valence-electron chi connectivity index (χ3n) is 2.48. The molecule has 1 aromatic rings. The highest BCUT2D eigenvalue weighted by Crippen LogP contribution is 2.21. The Hall–Kier alpha value is -1.09. The van der Waals surface area contributed by atoms with Gasteiger partial charge in [0.25, 0.3) is 0 Å². The summed E-state index contributed by atoms with van der Waals surface area (Å²) in [7, 11) is 2.00. The highest BCUT2D eigenvalue weighted by molar-refractivity contribution is 6.32. The van der Waals surface area contributed by atoms with Crippen LogP contribution in [0.4, 0.5) is 5.82 Å². The largest absolute Gasteiger partial charge is 0.353 e. The van der Waals surface area contributed by atoms with E-state index in [9.17, 15) is 0 Å². The summed E-state index contributed by atoms with van der Waals surface area (Å²) in [6.07, 6.45) is 4.04. The van der Waals surface area contributed by atoms with Crippen molar-refractivity contribution in [3.8, 4) is 0 Å². The van der Waals surface area contributed by atoms with E-state index in [1.807, 2.05) is 24.1 Å². The van der Waals surface area contributed by atoms with Crippen molar-refractivity contribution in [3.63, 3.8) is 0 Å². The monoisotopic (exact) mass is 223 g/mol. The molecule has 0 N–H and O–H groups in total. The first-order chi connectivity index (χ1) is 7.27. The van der Waals surface area contributed by atoms with Crippen molar-refractivity contribution in [3.05, 3.63) is 23.4 Å². The summed E-state index contributed by atoms with van der Waals surface area (Å²) < 4.78 is 0. The van der Waals surface area contributed by atoms with Crippen molar-refractivity contribution >= 4 is 23.1 Å². The van der Waals surface area contributed by atoms with Crippen LogP contribution in [0, 0.1) is 0 Å². The van der Waals surface area contributed by atoms with Gasteiger partial charge in [0.15, 0.2) is 0 Å². The van der Waals surface area contributed by atoms with E-state index in [4.69, 9.17) is 11.6 Å². The summed E-state index contributed by atoms with van der Waals surface area (Å²) in [6, 6.07) is 3.70. The van der Waals surface area contributed by atoms with Crippen LogP contribution in [0.15, 0.2) is 23.3 Å². The second-order valence-electron chi connectivity index (χ2n) is 3.72. The fraction of sp³-hybridized carbons (Fsp3) is 0.455. The smallest absolute Gasteiger partial charge is 0.147 e. The Morgan fingerprint density at radius 2 is 2.40 bits per heavy atom. The van der Waals surface area contributed by atoms with Crippen LogP contribution in [-0.2, 0) is 0 Å². The Morgan fingerprint density at radius 1 is 1.53 bits per heavy atom. The van der Waals surface area contributed by atoms with Gasteiger partial charge in [0.2, 0.25) is 0 Å². The van der Waals surface area contributed by atoms with Crippen LogP contribution in [-0.4, -0.2) is 30.8 Å². The summed E-state index contributed by atoms with van der Waals surface area (Å²) in [5.41, 5.74) is 1.25. The molecule has 1 aliphatic rings. The van der Waals surface area contributed by atoms with Gasteiger partial charge in [-0.3, -0.25) is 4.99 Å². The first-order valence-electron chi connectivity index (χ1n) is 5.11. The van der Waals surface area contributed by atoms with Crippen LogP contribution >= 0.6 is 11.6 Å². The van der Waals surface area contributed by atoms with Crippen molar-refractivity contribution in [1.29, 1.82) is 0 Å². The molecule has 0 spiro atoms. The fourth-order valence-corrected chi connectivity index (χ4v) is 2.00. The lowest BCUT2D eigenvalue weighted by atomic mass is 10.2. The van der Waals surface area contributed by atoms with E-state index >= 15 is 0 Å². The molecule has 0 aliphatic carbocycles. The molecule has 0 saturated heterocycles. The number of nitrogens with zero attached hydrogens (tertiary/aromatic N) is 3. The molecule has 0 saturated carbocycles. The predicted molar refractivity (Wildman–Crippen MR) is 64.1 cm³/mol. The third-order valence-corrected chi connectivity index (χ3v) is 2.77. The molecule has 3 nitrogen and oxygen atoms in total. The van der Waals surface area contributed by atoms with Gasteiger partial charge in [-0.05, 0) is 25.0 Å². The van der Waals surface area contributed by atoms with Gasteiger partial charge in [0.1, 0.15) is 5.82 Å². The minimum absolute atomic E-state index is 0.693. The molecule has 0 radical (unpaired) electrons. The molecular weight excluding hydrogens is 210 g/mol. The maximum atomic E-state index is 6.06. The van der Waals surface area contributed by atoms with Crippen LogP contribution in [0.5, 0.6) is 0 Å². The van der Waals surface area contributed by atoms with Gasteiger partial charge < -0.3 is 4.90 Å². The summed E-state index contributed by atoms with van der Waals surface area (Å²) >= 11 is 6.06. The predicted octanol–water partition coefficient (Wildman–Crippen LogP) is 2.41. The number of aromatic nitrogens is 1.